The molecule has 0 fully saturated rings. The number of amides is 1. The molecule has 1 rings (SSSR count). The summed E-state index contributed by atoms with van der Waals surface area (Å²) in [4.78, 5) is 20.3. The van der Waals surface area contributed by atoms with E-state index in [2.05, 4.69) is 26.9 Å². The van der Waals surface area contributed by atoms with E-state index >= 15 is 0 Å². The molecule has 0 aliphatic carbocycles. The van der Waals surface area contributed by atoms with Crippen LogP contribution in [0.15, 0.2) is 6.07 Å². The largest absolute Gasteiger partial charge is 0.357 e. The average Bonchev–Trinajstić information content (AvgIpc) is 2.35. The lowest BCUT2D eigenvalue weighted by Crippen LogP contribution is -2.33. The third kappa shape index (κ3) is 4.52. The Morgan fingerprint density at radius 2 is 2.22 bits per heavy atom. The van der Waals surface area contributed by atoms with Crippen LogP contribution in [0.5, 0.6) is 0 Å². The van der Waals surface area contributed by atoms with Crippen molar-refractivity contribution in [3.63, 3.8) is 0 Å². The summed E-state index contributed by atoms with van der Waals surface area (Å²) in [6, 6.07) is 1.84. The molecule has 1 aromatic heterocycles. The highest BCUT2D eigenvalue weighted by molar-refractivity contribution is 7.98. The van der Waals surface area contributed by atoms with Gasteiger partial charge in [-0.1, -0.05) is 0 Å². The molecule has 1 aromatic rings. The highest BCUT2D eigenvalue weighted by atomic mass is 32.2. The zero-order valence-corrected chi connectivity index (χ0v) is 12.1. The number of carbonyl (C=O) groups is 1. The van der Waals surface area contributed by atoms with Gasteiger partial charge in [-0.25, -0.2) is 9.97 Å². The van der Waals surface area contributed by atoms with Crippen molar-refractivity contribution >= 4 is 23.6 Å². The molecule has 2 N–H and O–H groups in total. The second-order valence-corrected chi connectivity index (χ2v) is 5.11. The van der Waals surface area contributed by atoms with Crippen LogP contribution in [-0.4, -0.2) is 41.0 Å². The summed E-state index contributed by atoms with van der Waals surface area (Å²) in [6.45, 7) is 3.84. The minimum atomic E-state index is -0.148. The van der Waals surface area contributed by atoms with Gasteiger partial charge in [-0.3, -0.25) is 4.79 Å². The van der Waals surface area contributed by atoms with Gasteiger partial charge in [0, 0.05) is 18.8 Å². The van der Waals surface area contributed by atoms with Gasteiger partial charge >= 0.3 is 0 Å². The minimum Gasteiger partial charge on any atom is -0.357 e. The molecule has 0 saturated heterocycles. The van der Waals surface area contributed by atoms with Crippen molar-refractivity contribution in [2.24, 2.45) is 0 Å². The molecule has 0 bridgehead atoms. The molecule has 0 aromatic carbocycles. The summed E-state index contributed by atoms with van der Waals surface area (Å²) in [7, 11) is 1.73. The quantitative estimate of drug-likeness (QED) is 0.822. The zero-order chi connectivity index (χ0) is 13.5. The lowest BCUT2D eigenvalue weighted by Gasteiger charge is -2.13. The van der Waals surface area contributed by atoms with Crippen LogP contribution < -0.4 is 10.6 Å². The molecule has 1 amide bonds. The van der Waals surface area contributed by atoms with E-state index in [1.807, 2.05) is 13.8 Å². The van der Waals surface area contributed by atoms with Crippen LogP contribution >= 0.6 is 11.8 Å². The minimum absolute atomic E-state index is 0.148. The Kier molecular flexibility index (Phi) is 5.91. The molecule has 0 saturated carbocycles. The van der Waals surface area contributed by atoms with Crippen molar-refractivity contribution < 1.29 is 4.79 Å². The monoisotopic (exact) mass is 268 g/mol. The van der Waals surface area contributed by atoms with Gasteiger partial charge in [0.2, 0.25) is 5.95 Å². The first-order valence-electron chi connectivity index (χ1n) is 5.90. The molecule has 1 atom stereocenters. The first-order valence-corrected chi connectivity index (χ1v) is 7.29. The van der Waals surface area contributed by atoms with Crippen molar-refractivity contribution in [1.29, 1.82) is 0 Å². The van der Waals surface area contributed by atoms with Crippen LogP contribution in [0, 0.1) is 6.92 Å². The molecule has 6 heteroatoms. The van der Waals surface area contributed by atoms with Crippen molar-refractivity contribution in [2.45, 2.75) is 26.3 Å². The third-order valence-corrected chi connectivity index (χ3v) is 3.09. The lowest BCUT2D eigenvalue weighted by atomic mass is 10.2. The first-order chi connectivity index (χ1) is 8.56. The fraction of sp³-hybridized carbons (Fsp3) is 0.583. The van der Waals surface area contributed by atoms with Crippen molar-refractivity contribution in [3.05, 3.63) is 17.5 Å². The number of thioether (sulfide) groups is 1. The fourth-order valence-electron chi connectivity index (χ4n) is 1.46. The fourth-order valence-corrected chi connectivity index (χ4v) is 2.05. The number of hydrogen-bond donors (Lipinski definition) is 2. The lowest BCUT2D eigenvalue weighted by molar-refractivity contribution is 0.0934. The number of carbonyl (C=O) groups excluding carboxylic acids is 1. The van der Waals surface area contributed by atoms with Gasteiger partial charge < -0.3 is 10.6 Å². The number of aromatic nitrogens is 2. The summed E-state index contributed by atoms with van der Waals surface area (Å²) in [5, 5.41) is 5.78. The molecule has 0 aliphatic heterocycles. The van der Waals surface area contributed by atoms with Crippen molar-refractivity contribution in [3.8, 4) is 0 Å². The molecule has 100 valence electrons. The predicted molar refractivity (Wildman–Crippen MR) is 76.2 cm³/mol. The van der Waals surface area contributed by atoms with E-state index in [9.17, 15) is 4.79 Å². The highest BCUT2D eigenvalue weighted by Crippen LogP contribution is 2.06. The smallest absolute Gasteiger partial charge is 0.270 e. The molecule has 0 radical (unpaired) electrons. The molecule has 0 aliphatic rings. The molecule has 18 heavy (non-hydrogen) atoms. The molecule has 1 heterocycles. The van der Waals surface area contributed by atoms with Gasteiger partial charge in [0.1, 0.15) is 5.69 Å². The summed E-state index contributed by atoms with van der Waals surface area (Å²) >= 11 is 1.77. The van der Waals surface area contributed by atoms with E-state index < -0.39 is 0 Å². The van der Waals surface area contributed by atoms with Crippen LogP contribution in [0.2, 0.25) is 0 Å². The topological polar surface area (TPSA) is 66.9 Å². The Labute approximate surface area is 112 Å². The number of nitrogens with one attached hydrogen (secondary N) is 2. The zero-order valence-electron chi connectivity index (χ0n) is 11.3. The number of hydrogen-bond acceptors (Lipinski definition) is 5. The number of aryl methyl sites for hydroxylation is 1. The van der Waals surface area contributed by atoms with E-state index in [1.165, 1.54) is 0 Å². The van der Waals surface area contributed by atoms with Crippen LogP contribution in [0.25, 0.3) is 0 Å². The van der Waals surface area contributed by atoms with Gasteiger partial charge in [-0.05, 0) is 38.3 Å². The SMILES string of the molecule is CNc1nc(C)cc(C(=O)NC(C)CCSC)n1. The first kappa shape index (κ1) is 14.8. The van der Waals surface area contributed by atoms with Gasteiger partial charge in [0.25, 0.3) is 5.91 Å². The molecule has 1 unspecified atom stereocenters. The number of nitrogens with zero attached hydrogens (tertiary/aromatic N) is 2. The van der Waals surface area contributed by atoms with Crippen LogP contribution in [0.4, 0.5) is 5.95 Å². The molecular weight excluding hydrogens is 248 g/mol. The van der Waals surface area contributed by atoms with E-state index in [1.54, 1.807) is 24.9 Å². The maximum atomic E-state index is 12.0. The summed E-state index contributed by atoms with van der Waals surface area (Å²) < 4.78 is 0. The maximum Gasteiger partial charge on any atom is 0.270 e. The Hall–Kier alpha value is -1.30. The van der Waals surface area contributed by atoms with E-state index in [4.69, 9.17) is 0 Å². The maximum absolute atomic E-state index is 12.0. The van der Waals surface area contributed by atoms with Crippen LogP contribution in [0.1, 0.15) is 29.5 Å². The van der Waals surface area contributed by atoms with Crippen LogP contribution in [0.3, 0.4) is 0 Å². The van der Waals surface area contributed by atoms with Gasteiger partial charge in [-0.15, -0.1) is 0 Å². The summed E-state index contributed by atoms with van der Waals surface area (Å²) in [5.74, 6) is 1.36. The second-order valence-electron chi connectivity index (χ2n) is 4.12. The van der Waals surface area contributed by atoms with Gasteiger partial charge in [0.15, 0.2) is 0 Å². The van der Waals surface area contributed by atoms with E-state index in [0.29, 0.717) is 11.6 Å². The Bertz CT molecular complexity index is 411. The number of anilines is 1. The summed E-state index contributed by atoms with van der Waals surface area (Å²) in [6.07, 6.45) is 3.01. The van der Waals surface area contributed by atoms with E-state index in [-0.39, 0.29) is 11.9 Å². The molecule has 5 nitrogen and oxygen atoms in total. The number of rotatable bonds is 6. The normalized spacial score (nSPS) is 12.0. The van der Waals surface area contributed by atoms with E-state index in [0.717, 1.165) is 17.9 Å². The molecular formula is C12H20N4OS. The Morgan fingerprint density at radius 1 is 1.50 bits per heavy atom. The third-order valence-electron chi connectivity index (χ3n) is 2.44. The molecule has 0 spiro atoms. The van der Waals surface area contributed by atoms with Crippen molar-refractivity contribution in [2.75, 3.05) is 24.4 Å². The van der Waals surface area contributed by atoms with Gasteiger partial charge in [-0.2, -0.15) is 11.8 Å². The highest BCUT2D eigenvalue weighted by Gasteiger charge is 2.12. The second kappa shape index (κ2) is 7.20. The standard InChI is InChI=1S/C12H20N4OS/c1-8(5-6-18-4)14-11(17)10-7-9(2)15-12(13-3)16-10/h7-8H,5-6H2,1-4H3,(H,14,17)(H,13,15,16). The van der Waals surface area contributed by atoms with Gasteiger partial charge in [0.05, 0.1) is 0 Å². The van der Waals surface area contributed by atoms with Crippen molar-refractivity contribution in [1.82, 2.24) is 15.3 Å². The average molecular weight is 268 g/mol. The van der Waals surface area contributed by atoms with Crippen LogP contribution in [-0.2, 0) is 0 Å². The predicted octanol–water partition coefficient (Wildman–Crippen LogP) is 1.70. The Balaban J connectivity index is 2.68. The summed E-state index contributed by atoms with van der Waals surface area (Å²) in [5.41, 5.74) is 1.18. The Morgan fingerprint density at radius 3 is 2.83 bits per heavy atom.